The number of hydrogen-bond donors (Lipinski definition) is 1. The molecule has 1 aromatic heterocycles. The van der Waals surface area contributed by atoms with Gasteiger partial charge in [-0.15, -0.1) is 0 Å². The third-order valence-electron chi connectivity index (χ3n) is 4.22. The van der Waals surface area contributed by atoms with Crippen LogP contribution in [0, 0.1) is 6.92 Å². The number of ether oxygens (including phenoxy) is 2. The number of aryl methyl sites for hydroxylation is 1. The Morgan fingerprint density at radius 1 is 1.38 bits per heavy atom. The largest absolute Gasteiger partial charge is 0.388 e. The van der Waals surface area contributed by atoms with Crippen LogP contribution in [0.1, 0.15) is 30.5 Å². The van der Waals surface area contributed by atoms with E-state index in [-0.39, 0.29) is 6.10 Å². The molecule has 2 aliphatic heterocycles. The first kappa shape index (κ1) is 14.8. The fourth-order valence-corrected chi connectivity index (χ4v) is 3.00. The quantitative estimate of drug-likeness (QED) is 0.885. The van der Waals surface area contributed by atoms with Gasteiger partial charge in [0.1, 0.15) is 11.9 Å². The highest BCUT2D eigenvalue weighted by molar-refractivity contribution is 5.07. The number of hydrogen-bond acceptors (Lipinski definition) is 6. The molecule has 3 heterocycles. The van der Waals surface area contributed by atoms with Crippen LogP contribution in [0.25, 0.3) is 0 Å². The molecule has 116 valence electrons. The van der Waals surface area contributed by atoms with Crippen LogP contribution < -0.4 is 0 Å². The third-order valence-corrected chi connectivity index (χ3v) is 4.22. The van der Waals surface area contributed by atoms with Crippen molar-refractivity contribution < 1.29 is 14.6 Å². The summed E-state index contributed by atoms with van der Waals surface area (Å²) in [4.78, 5) is 10.8. The summed E-state index contributed by atoms with van der Waals surface area (Å²) in [5.74, 6) is 0.760. The molecule has 0 spiro atoms. The summed E-state index contributed by atoms with van der Waals surface area (Å²) in [5, 5.41) is 10.6. The second kappa shape index (κ2) is 6.36. The summed E-state index contributed by atoms with van der Waals surface area (Å²) in [5.41, 5.74) is 0.299. The first-order chi connectivity index (χ1) is 10.1. The minimum atomic E-state index is -0.623. The van der Waals surface area contributed by atoms with Crippen LogP contribution in [0.15, 0.2) is 12.3 Å². The van der Waals surface area contributed by atoms with E-state index in [0.29, 0.717) is 39.2 Å². The third kappa shape index (κ3) is 3.77. The monoisotopic (exact) mass is 293 g/mol. The Balaban J connectivity index is 1.63. The van der Waals surface area contributed by atoms with E-state index in [1.54, 1.807) is 6.20 Å². The van der Waals surface area contributed by atoms with Gasteiger partial charge in [-0.25, -0.2) is 9.97 Å². The lowest BCUT2D eigenvalue weighted by atomic mass is 9.93. The van der Waals surface area contributed by atoms with Gasteiger partial charge in [0.05, 0.1) is 17.9 Å². The SMILES string of the molecule is Cc1nccc(C2CN(CC3(O)CCOCC3)CCO2)n1. The van der Waals surface area contributed by atoms with Crippen LogP contribution >= 0.6 is 0 Å². The average molecular weight is 293 g/mol. The first-order valence-electron chi connectivity index (χ1n) is 7.58. The molecule has 0 bridgehead atoms. The maximum Gasteiger partial charge on any atom is 0.125 e. The lowest BCUT2D eigenvalue weighted by molar-refractivity contribution is -0.103. The summed E-state index contributed by atoms with van der Waals surface area (Å²) in [7, 11) is 0. The highest BCUT2D eigenvalue weighted by Crippen LogP contribution is 2.26. The molecule has 2 saturated heterocycles. The number of β-amino-alcohol motifs (C(OH)–C–C–N with tert-alkyl or cyclic N) is 1. The van der Waals surface area contributed by atoms with Crippen molar-refractivity contribution in [1.82, 2.24) is 14.9 Å². The van der Waals surface area contributed by atoms with Crippen LogP contribution in [0.5, 0.6) is 0 Å². The number of morpholine rings is 1. The van der Waals surface area contributed by atoms with Gasteiger partial charge in [-0.05, 0) is 13.0 Å². The van der Waals surface area contributed by atoms with Crippen molar-refractivity contribution in [3.05, 3.63) is 23.8 Å². The molecular formula is C15H23N3O3. The maximum atomic E-state index is 10.6. The molecule has 0 radical (unpaired) electrons. The minimum Gasteiger partial charge on any atom is -0.388 e. The molecule has 0 aromatic carbocycles. The van der Waals surface area contributed by atoms with Crippen LogP contribution in [0.3, 0.4) is 0 Å². The molecule has 1 unspecified atom stereocenters. The van der Waals surface area contributed by atoms with Crippen LogP contribution in [0.2, 0.25) is 0 Å². The molecule has 1 aromatic rings. The normalized spacial score (nSPS) is 26.7. The minimum absolute atomic E-state index is 0.0381. The van der Waals surface area contributed by atoms with Crippen molar-refractivity contribution >= 4 is 0 Å². The van der Waals surface area contributed by atoms with Gasteiger partial charge in [-0.2, -0.15) is 0 Å². The number of aromatic nitrogens is 2. The number of rotatable bonds is 3. The van der Waals surface area contributed by atoms with Gasteiger partial charge in [0, 0.05) is 51.9 Å². The van der Waals surface area contributed by atoms with E-state index in [2.05, 4.69) is 14.9 Å². The molecule has 0 amide bonds. The zero-order valence-electron chi connectivity index (χ0n) is 12.5. The van der Waals surface area contributed by atoms with E-state index in [4.69, 9.17) is 9.47 Å². The molecule has 3 rings (SSSR count). The molecule has 2 fully saturated rings. The van der Waals surface area contributed by atoms with E-state index in [9.17, 15) is 5.11 Å². The maximum absolute atomic E-state index is 10.6. The van der Waals surface area contributed by atoms with E-state index < -0.39 is 5.60 Å². The summed E-state index contributed by atoms with van der Waals surface area (Å²) < 4.78 is 11.2. The molecular weight excluding hydrogens is 270 g/mol. The van der Waals surface area contributed by atoms with Gasteiger partial charge < -0.3 is 14.6 Å². The van der Waals surface area contributed by atoms with Crippen molar-refractivity contribution in [2.24, 2.45) is 0 Å². The van der Waals surface area contributed by atoms with Crippen molar-refractivity contribution in [3.8, 4) is 0 Å². The Morgan fingerprint density at radius 2 is 2.19 bits per heavy atom. The molecule has 21 heavy (non-hydrogen) atoms. The molecule has 6 heteroatoms. The standard InChI is InChI=1S/C15H23N3O3/c1-12-16-5-2-13(17-12)14-10-18(6-9-21-14)11-15(19)3-7-20-8-4-15/h2,5,14,19H,3-4,6-11H2,1H3. The predicted molar refractivity (Wildman–Crippen MR) is 76.9 cm³/mol. The fourth-order valence-electron chi connectivity index (χ4n) is 3.00. The van der Waals surface area contributed by atoms with Gasteiger partial charge in [0.2, 0.25) is 0 Å². The smallest absolute Gasteiger partial charge is 0.125 e. The second-order valence-corrected chi connectivity index (χ2v) is 5.96. The molecule has 2 aliphatic rings. The topological polar surface area (TPSA) is 67.7 Å². The Bertz CT molecular complexity index is 477. The number of aliphatic hydroxyl groups is 1. The van der Waals surface area contributed by atoms with Crippen molar-refractivity contribution in [2.45, 2.75) is 31.5 Å². The van der Waals surface area contributed by atoms with Crippen LogP contribution in [-0.2, 0) is 9.47 Å². The first-order valence-corrected chi connectivity index (χ1v) is 7.58. The molecule has 6 nitrogen and oxygen atoms in total. The fraction of sp³-hybridized carbons (Fsp3) is 0.733. The Morgan fingerprint density at radius 3 is 2.95 bits per heavy atom. The van der Waals surface area contributed by atoms with Gasteiger partial charge in [-0.1, -0.05) is 0 Å². The van der Waals surface area contributed by atoms with Gasteiger partial charge >= 0.3 is 0 Å². The Labute approximate surface area is 125 Å². The lowest BCUT2D eigenvalue weighted by Gasteiger charge is -2.40. The van der Waals surface area contributed by atoms with Gasteiger partial charge in [0.25, 0.3) is 0 Å². The zero-order chi connectivity index (χ0) is 14.7. The number of nitrogens with zero attached hydrogens (tertiary/aromatic N) is 3. The second-order valence-electron chi connectivity index (χ2n) is 5.96. The predicted octanol–water partition coefficient (Wildman–Crippen LogP) is 0.700. The summed E-state index contributed by atoms with van der Waals surface area (Å²) in [6, 6.07) is 1.91. The van der Waals surface area contributed by atoms with E-state index in [1.807, 2.05) is 13.0 Å². The van der Waals surface area contributed by atoms with E-state index in [1.165, 1.54) is 0 Å². The average Bonchev–Trinajstić information content (AvgIpc) is 2.48. The van der Waals surface area contributed by atoms with Crippen molar-refractivity contribution in [1.29, 1.82) is 0 Å². The molecule has 0 aliphatic carbocycles. The molecule has 0 saturated carbocycles. The molecule has 1 N–H and O–H groups in total. The van der Waals surface area contributed by atoms with Crippen LogP contribution in [-0.4, -0.2) is 65.0 Å². The van der Waals surface area contributed by atoms with Crippen molar-refractivity contribution in [3.63, 3.8) is 0 Å². The van der Waals surface area contributed by atoms with Crippen LogP contribution in [0.4, 0.5) is 0 Å². The lowest BCUT2D eigenvalue weighted by Crippen LogP contribution is -2.50. The van der Waals surface area contributed by atoms with Gasteiger partial charge in [-0.3, -0.25) is 4.90 Å². The summed E-state index contributed by atoms with van der Waals surface area (Å²) >= 11 is 0. The summed E-state index contributed by atoms with van der Waals surface area (Å²) in [6.07, 6.45) is 3.15. The Kier molecular flexibility index (Phi) is 4.49. The van der Waals surface area contributed by atoms with E-state index >= 15 is 0 Å². The van der Waals surface area contributed by atoms with E-state index in [0.717, 1.165) is 24.6 Å². The highest BCUT2D eigenvalue weighted by Gasteiger charge is 2.34. The summed E-state index contributed by atoms with van der Waals surface area (Å²) in [6.45, 7) is 6.14. The van der Waals surface area contributed by atoms with Crippen molar-refractivity contribution in [2.75, 3.05) is 39.5 Å². The Hall–Kier alpha value is -1.08. The van der Waals surface area contributed by atoms with Gasteiger partial charge in [0.15, 0.2) is 0 Å². The zero-order valence-corrected chi connectivity index (χ0v) is 12.5. The molecule has 1 atom stereocenters. The highest BCUT2D eigenvalue weighted by atomic mass is 16.5.